The van der Waals surface area contributed by atoms with Gasteiger partial charge in [0.2, 0.25) is 5.91 Å². The van der Waals surface area contributed by atoms with Gasteiger partial charge in [0, 0.05) is 18.7 Å². The van der Waals surface area contributed by atoms with Gasteiger partial charge in [0.25, 0.3) is 5.91 Å². The number of carboxylic acids is 1. The Morgan fingerprint density at radius 2 is 2.04 bits per heavy atom. The number of amides is 2. The molecule has 8 nitrogen and oxygen atoms in total. The van der Waals surface area contributed by atoms with Crippen LogP contribution in [0, 0.1) is 5.92 Å². The van der Waals surface area contributed by atoms with Gasteiger partial charge in [-0.3, -0.25) is 24.1 Å². The molecule has 1 aromatic carbocycles. The Balaban J connectivity index is 1.84. The first kappa shape index (κ1) is 18.9. The number of aliphatic carboxylic acids is 1. The van der Waals surface area contributed by atoms with E-state index < -0.39 is 18.0 Å². The molecule has 0 radical (unpaired) electrons. The Morgan fingerprint density at radius 1 is 1.30 bits per heavy atom. The lowest BCUT2D eigenvalue weighted by molar-refractivity contribution is -0.145. The van der Waals surface area contributed by atoms with Crippen LogP contribution >= 0.6 is 0 Å². The van der Waals surface area contributed by atoms with Crippen molar-refractivity contribution in [3.63, 3.8) is 0 Å². The predicted molar refractivity (Wildman–Crippen MR) is 95.8 cm³/mol. The first-order valence-electron chi connectivity index (χ1n) is 8.91. The molecule has 2 unspecified atom stereocenters. The fourth-order valence-corrected chi connectivity index (χ4v) is 3.43. The van der Waals surface area contributed by atoms with Gasteiger partial charge in [0.05, 0.1) is 11.6 Å². The van der Waals surface area contributed by atoms with E-state index in [0.717, 1.165) is 0 Å². The summed E-state index contributed by atoms with van der Waals surface area (Å²) in [6, 6.07) is 4.78. The number of ether oxygens (including phenoxy) is 1. The van der Waals surface area contributed by atoms with E-state index in [-0.39, 0.29) is 30.7 Å². The number of hydrogen-bond donors (Lipinski definition) is 1. The largest absolute Gasteiger partial charge is 0.481 e. The molecular weight excluding hydrogens is 352 g/mol. The zero-order valence-electron chi connectivity index (χ0n) is 15.3. The number of hydrogen-bond acceptors (Lipinski definition) is 5. The minimum Gasteiger partial charge on any atom is -0.481 e. The molecular formula is C19H22N2O6. The molecule has 27 heavy (non-hydrogen) atoms. The van der Waals surface area contributed by atoms with E-state index in [1.165, 1.54) is 16.7 Å². The van der Waals surface area contributed by atoms with Crippen LogP contribution in [0.2, 0.25) is 0 Å². The van der Waals surface area contributed by atoms with Gasteiger partial charge in [-0.1, -0.05) is 0 Å². The number of anilines is 1. The number of likely N-dealkylation sites (tertiary alicyclic amines) is 1. The molecule has 0 aliphatic carbocycles. The second kappa shape index (κ2) is 7.38. The van der Waals surface area contributed by atoms with Gasteiger partial charge in [-0.2, -0.15) is 0 Å². The van der Waals surface area contributed by atoms with Crippen LogP contribution in [-0.4, -0.2) is 59.3 Å². The maximum absolute atomic E-state index is 12.7. The number of Topliss-reactive ketones (excluding diaryl/α,β-unsaturated/α-hetero) is 1. The van der Waals surface area contributed by atoms with Crippen molar-refractivity contribution in [1.29, 1.82) is 0 Å². The third-order valence-electron chi connectivity index (χ3n) is 4.99. The van der Waals surface area contributed by atoms with E-state index in [9.17, 15) is 24.3 Å². The maximum Gasteiger partial charge on any atom is 0.308 e. The molecule has 2 atom stereocenters. The Morgan fingerprint density at radius 3 is 2.70 bits per heavy atom. The normalized spacial score (nSPS) is 22.1. The zero-order chi connectivity index (χ0) is 19.7. The summed E-state index contributed by atoms with van der Waals surface area (Å²) in [5, 5.41) is 9.20. The van der Waals surface area contributed by atoms with E-state index in [2.05, 4.69) is 0 Å². The predicted octanol–water partition coefficient (Wildman–Crippen LogP) is 1.33. The summed E-state index contributed by atoms with van der Waals surface area (Å²) < 4.78 is 5.58. The highest BCUT2D eigenvalue weighted by atomic mass is 16.5. The monoisotopic (exact) mass is 374 g/mol. The molecule has 8 heteroatoms. The Hall–Kier alpha value is -2.90. The fourth-order valence-electron chi connectivity index (χ4n) is 3.43. The second-order valence-corrected chi connectivity index (χ2v) is 6.94. The molecule has 2 aliphatic rings. The van der Waals surface area contributed by atoms with Crippen LogP contribution in [0.25, 0.3) is 0 Å². The highest BCUT2D eigenvalue weighted by Gasteiger charge is 2.35. The lowest BCUT2D eigenvalue weighted by Crippen LogP contribution is -2.51. The zero-order valence-corrected chi connectivity index (χ0v) is 15.3. The molecule has 0 saturated carbocycles. The Bertz CT molecular complexity index is 805. The summed E-state index contributed by atoms with van der Waals surface area (Å²) in [5.74, 6) is -1.91. The van der Waals surface area contributed by atoms with Crippen molar-refractivity contribution in [2.24, 2.45) is 5.92 Å². The van der Waals surface area contributed by atoms with Crippen LogP contribution in [0.15, 0.2) is 18.2 Å². The second-order valence-electron chi connectivity index (χ2n) is 6.94. The van der Waals surface area contributed by atoms with Crippen molar-refractivity contribution in [1.82, 2.24) is 4.90 Å². The molecule has 1 saturated heterocycles. The summed E-state index contributed by atoms with van der Waals surface area (Å²) in [6.07, 6.45) is 0.403. The summed E-state index contributed by atoms with van der Waals surface area (Å²) in [5.41, 5.74) is 0.798. The Kier molecular flexibility index (Phi) is 5.16. The highest BCUT2D eigenvalue weighted by Crippen LogP contribution is 2.35. The van der Waals surface area contributed by atoms with Crippen molar-refractivity contribution in [3.05, 3.63) is 23.8 Å². The van der Waals surface area contributed by atoms with E-state index in [1.54, 1.807) is 25.1 Å². The highest BCUT2D eigenvalue weighted by molar-refractivity contribution is 6.05. The fraction of sp³-hybridized carbons (Fsp3) is 0.474. The molecule has 0 spiro atoms. The molecule has 1 fully saturated rings. The molecule has 0 aromatic heterocycles. The van der Waals surface area contributed by atoms with Gasteiger partial charge in [-0.25, -0.2) is 0 Å². The van der Waals surface area contributed by atoms with Crippen LogP contribution in [0.1, 0.15) is 37.0 Å². The van der Waals surface area contributed by atoms with Crippen LogP contribution in [0.5, 0.6) is 5.75 Å². The molecule has 1 aromatic rings. The van der Waals surface area contributed by atoms with E-state index in [1.807, 2.05) is 0 Å². The van der Waals surface area contributed by atoms with E-state index in [0.29, 0.717) is 36.4 Å². The molecule has 2 aliphatic heterocycles. The number of nitrogens with zero attached hydrogens (tertiary/aromatic N) is 2. The average Bonchev–Trinajstić information content (AvgIpc) is 2.64. The van der Waals surface area contributed by atoms with Crippen LogP contribution in [0.3, 0.4) is 0 Å². The quantitative estimate of drug-likeness (QED) is 0.797. The van der Waals surface area contributed by atoms with Crippen LogP contribution < -0.4 is 9.64 Å². The minimum absolute atomic E-state index is 0.141. The number of benzene rings is 1. The van der Waals surface area contributed by atoms with E-state index in [4.69, 9.17) is 4.74 Å². The van der Waals surface area contributed by atoms with Crippen molar-refractivity contribution in [3.8, 4) is 5.75 Å². The van der Waals surface area contributed by atoms with Gasteiger partial charge in [-0.05, 0) is 44.9 Å². The molecule has 1 N–H and O–H groups in total. The number of carboxylic acid groups (broad SMARTS) is 1. The number of fused-ring (bicyclic) bond motifs is 1. The van der Waals surface area contributed by atoms with Crippen molar-refractivity contribution in [2.45, 2.75) is 32.8 Å². The number of piperidine rings is 1. The first-order valence-corrected chi connectivity index (χ1v) is 8.91. The van der Waals surface area contributed by atoms with Crippen LogP contribution in [-0.2, 0) is 14.4 Å². The number of carbonyl (C=O) groups is 4. The van der Waals surface area contributed by atoms with E-state index >= 15 is 0 Å². The van der Waals surface area contributed by atoms with Crippen molar-refractivity contribution in [2.75, 3.05) is 24.5 Å². The van der Waals surface area contributed by atoms with Crippen molar-refractivity contribution < 1.29 is 29.0 Å². The summed E-state index contributed by atoms with van der Waals surface area (Å²) >= 11 is 0. The lowest BCUT2D eigenvalue weighted by Gasteiger charge is -2.36. The number of carbonyl (C=O) groups excluding carboxylic acids is 3. The summed E-state index contributed by atoms with van der Waals surface area (Å²) in [4.78, 5) is 51.1. The van der Waals surface area contributed by atoms with Crippen LogP contribution in [0.4, 0.5) is 5.69 Å². The molecule has 2 amide bonds. The molecule has 0 bridgehead atoms. The lowest BCUT2D eigenvalue weighted by atomic mass is 9.98. The van der Waals surface area contributed by atoms with Gasteiger partial charge in [-0.15, -0.1) is 0 Å². The standard InChI is InChI=1S/C19H22N2O6/c1-11(22)13-5-6-16-15(8-13)21(18(24)12(2)27-16)10-17(23)20-7-3-4-14(9-20)19(25)26/h5-6,8,12,14H,3-4,7,9-10H2,1-2H3,(H,25,26). The van der Waals surface area contributed by atoms with Gasteiger partial charge < -0.3 is 14.7 Å². The number of ketones is 1. The van der Waals surface area contributed by atoms with Gasteiger partial charge >= 0.3 is 5.97 Å². The topological polar surface area (TPSA) is 104 Å². The third kappa shape index (κ3) is 3.79. The third-order valence-corrected chi connectivity index (χ3v) is 4.99. The summed E-state index contributed by atoms with van der Waals surface area (Å²) in [7, 11) is 0. The first-order chi connectivity index (χ1) is 12.8. The molecule has 3 rings (SSSR count). The SMILES string of the molecule is CC(=O)c1ccc2c(c1)N(CC(=O)N1CCCC(C(=O)O)C1)C(=O)C(C)O2. The molecule has 144 valence electrons. The smallest absolute Gasteiger partial charge is 0.308 e. The number of rotatable bonds is 4. The Labute approximate surface area is 156 Å². The van der Waals surface area contributed by atoms with Crippen molar-refractivity contribution >= 4 is 29.3 Å². The van der Waals surface area contributed by atoms with Gasteiger partial charge in [0.15, 0.2) is 11.9 Å². The summed E-state index contributed by atoms with van der Waals surface area (Å²) in [6.45, 7) is 3.42. The molecule has 2 heterocycles. The maximum atomic E-state index is 12.7. The van der Waals surface area contributed by atoms with Gasteiger partial charge in [0.1, 0.15) is 12.3 Å². The minimum atomic E-state index is -0.917. The average molecular weight is 374 g/mol.